The van der Waals surface area contributed by atoms with Gasteiger partial charge in [0.25, 0.3) is 0 Å². The van der Waals surface area contributed by atoms with E-state index in [-0.39, 0.29) is 0 Å². The molecule has 114 valence electrons. The number of nitrogens with two attached hydrogens (primary N) is 1. The lowest BCUT2D eigenvalue weighted by Gasteiger charge is -2.59. The molecule has 0 heterocycles. The number of hydrogen-bond acceptors (Lipinski definition) is 3. The smallest absolute Gasteiger partial charge is 0.322 e. The molecule has 0 saturated heterocycles. The number of carbonyl (C=O) groups is 1. The van der Waals surface area contributed by atoms with Gasteiger partial charge in [-0.25, -0.2) is 0 Å². The first-order chi connectivity index (χ1) is 7.94. The quantitative estimate of drug-likeness (QED) is 0.677. The molecule has 4 nitrogen and oxygen atoms in total. The van der Waals surface area contributed by atoms with Crippen molar-refractivity contribution in [3.8, 4) is 0 Å². The Morgan fingerprint density at radius 3 is 1.16 bits per heavy atom. The molecule has 0 saturated carbocycles. The van der Waals surface area contributed by atoms with E-state index >= 15 is 0 Å². The van der Waals surface area contributed by atoms with Crippen LogP contribution in [0.5, 0.6) is 0 Å². The maximum atomic E-state index is 12.0. The zero-order valence-electron chi connectivity index (χ0n) is 13.9. The van der Waals surface area contributed by atoms with E-state index in [1.165, 1.54) is 0 Å². The summed E-state index contributed by atoms with van der Waals surface area (Å²) in [5.74, 6) is -1.04. The maximum absolute atomic E-state index is 12.0. The van der Waals surface area contributed by atoms with Crippen molar-refractivity contribution in [1.29, 1.82) is 0 Å². The van der Waals surface area contributed by atoms with E-state index < -0.39 is 40.2 Å². The molecule has 0 aliphatic carbocycles. The Balaban J connectivity index is 6.54. The summed E-state index contributed by atoms with van der Waals surface area (Å²) in [4.78, 5) is 10.8. The fourth-order valence-corrected chi connectivity index (χ4v) is 21.1. The van der Waals surface area contributed by atoms with Crippen LogP contribution >= 0.6 is 0 Å². The second kappa shape index (κ2) is 4.80. The Kier molecular flexibility index (Phi) is 4.81. The standard InChI is InChI=1S/C12H31NO3Si3/c1-17(2,3)11(13,10(14)15)12(16,18(4,5)6)19(7,8)9/h16H,13H2,1-9H3,(H,14,15)/t11-/m0/s1. The summed E-state index contributed by atoms with van der Waals surface area (Å²) in [6, 6.07) is 0. The molecule has 0 aromatic heterocycles. The molecule has 0 bridgehead atoms. The van der Waals surface area contributed by atoms with Gasteiger partial charge in [-0.05, 0) is 0 Å². The second-order valence-electron chi connectivity index (χ2n) is 8.57. The molecule has 7 heteroatoms. The number of rotatable bonds is 5. The van der Waals surface area contributed by atoms with Crippen LogP contribution in [0.4, 0.5) is 0 Å². The van der Waals surface area contributed by atoms with Crippen LogP contribution in [0.2, 0.25) is 58.9 Å². The summed E-state index contributed by atoms with van der Waals surface area (Å²) in [5, 5.41) is 19.9. The lowest BCUT2D eigenvalue weighted by molar-refractivity contribution is -0.143. The van der Waals surface area contributed by atoms with Crippen molar-refractivity contribution >= 4 is 30.2 Å². The molecule has 0 radical (unpaired) electrons. The van der Waals surface area contributed by atoms with Gasteiger partial charge in [0.05, 0.1) is 29.1 Å². The molecule has 0 amide bonds. The first-order valence-electron chi connectivity index (χ1n) is 6.69. The topological polar surface area (TPSA) is 83.5 Å². The average molecular weight is 322 g/mol. The van der Waals surface area contributed by atoms with E-state index in [1.807, 2.05) is 58.9 Å². The van der Waals surface area contributed by atoms with Gasteiger partial charge in [-0.1, -0.05) is 58.9 Å². The van der Waals surface area contributed by atoms with Crippen molar-refractivity contribution in [3.05, 3.63) is 0 Å². The fraction of sp³-hybridized carbons (Fsp3) is 0.917. The highest BCUT2D eigenvalue weighted by molar-refractivity contribution is 7.02. The Morgan fingerprint density at radius 2 is 1.11 bits per heavy atom. The van der Waals surface area contributed by atoms with Gasteiger partial charge in [-0.15, -0.1) is 0 Å². The van der Waals surface area contributed by atoms with E-state index in [4.69, 9.17) is 5.73 Å². The van der Waals surface area contributed by atoms with Crippen molar-refractivity contribution in [1.82, 2.24) is 0 Å². The zero-order chi connectivity index (χ0) is 16.1. The fourth-order valence-electron chi connectivity index (χ4n) is 3.33. The third-order valence-corrected chi connectivity index (χ3v) is 17.3. The summed E-state index contributed by atoms with van der Waals surface area (Å²) in [6.45, 7) is 18.0. The van der Waals surface area contributed by atoms with Gasteiger partial charge < -0.3 is 15.9 Å². The number of carboxylic acid groups (broad SMARTS) is 1. The molecule has 0 unspecified atom stereocenters. The first kappa shape index (κ1) is 19.0. The highest BCUT2D eigenvalue weighted by Crippen LogP contribution is 2.43. The highest BCUT2D eigenvalue weighted by Gasteiger charge is 2.69. The van der Waals surface area contributed by atoms with Gasteiger partial charge in [0.1, 0.15) is 5.16 Å². The molecule has 0 aromatic rings. The maximum Gasteiger partial charge on any atom is 0.322 e. The van der Waals surface area contributed by atoms with Gasteiger partial charge in [-0.2, -0.15) is 0 Å². The molecular weight excluding hydrogens is 290 g/mol. The molecule has 0 aromatic carbocycles. The lowest BCUT2D eigenvalue weighted by Crippen LogP contribution is -2.88. The molecule has 1 atom stereocenters. The summed E-state index contributed by atoms with van der Waals surface area (Å²) in [6.07, 6.45) is 0. The number of hydrogen-bond donors (Lipinski definition) is 3. The Bertz CT molecular complexity index is 352. The molecule has 0 rings (SSSR count). The van der Waals surface area contributed by atoms with E-state index in [0.717, 1.165) is 0 Å². The molecule has 0 fully saturated rings. The van der Waals surface area contributed by atoms with Gasteiger partial charge in [-0.3, -0.25) is 4.79 Å². The summed E-state index contributed by atoms with van der Waals surface area (Å²) >= 11 is 0. The predicted molar refractivity (Wildman–Crippen MR) is 89.5 cm³/mol. The monoisotopic (exact) mass is 321 g/mol. The molecule has 19 heavy (non-hydrogen) atoms. The molecule has 0 spiro atoms. The van der Waals surface area contributed by atoms with Crippen LogP contribution in [-0.4, -0.2) is 50.4 Å². The average Bonchev–Trinajstić information content (AvgIpc) is 2.09. The molecule has 0 aliphatic heterocycles. The van der Waals surface area contributed by atoms with Gasteiger partial charge in [0.15, 0.2) is 0 Å². The summed E-state index contributed by atoms with van der Waals surface area (Å²) in [5.41, 5.74) is 6.45. The zero-order valence-corrected chi connectivity index (χ0v) is 16.9. The van der Waals surface area contributed by atoms with Gasteiger partial charge in [0, 0.05) is 0 Å². The van der Waals surface area contributed by atoms with Gasteiger partial charge >= 0.3 is 5.97 Å². The van der Waals surface area contributed by atoms with Crippen LogP contribution in [0.25, 0.3) is 0 Å². The van der Waals surface area contributed by atoms with Crippen LogP contribution in [-0.2, 0) is 4.79 Å². The molecule has 0 aliphatic rings. The Morgan fingerprint density at radius 1 is 0.842 bits per heavy atom. The van der Waals surface area contributed by atoms with Crippen molar-refractivity contribution in [3.63, 3.8) is 0 Å². The molecule has 4 N–H and O–H groups in total. The van der Waals surface area contributed by atoms with Crippen LogP contribution in [0.3, 0.4) is 0 Å². The van der Waals surface area contributed by atoms with E-state index in [0.29, 0.717) is 0 Å². The van der Waals surface area contributed by atoms with Crippen LogP contribution in [0, 0.1) is 0 Å². The minimum absolute atomic E-state index is 1.04. The van der Waals surface area contributed by atoms with E-state index in [1.54, 1.807) is 0 Å². The first-order valence-corrected chi connectivity index (χ1v) is 17.2. The predicted octanol–water partition coefficient (Wildman–Crippen LogP) is 2.13. The van der Waals surface area contributed by atoms with Gasteiger partial charge in [0.2, 0.25) is 0 Å². The summed E-state index contributed by atoms with van der Waals surface area (Å²) < 4.78 is 0. The normalized spacial score (nSPS) is 18.1. The van der Waals surface area contributed by atoms with Crippen molar-refractivity contribution in [2.75, 3.05) is 0 Å². The number of aliphatic carboxylic acids is 1. The largest absolute Gasteiger partial charge is 0.480 e. The lowest BCUT2D eigenvalue weighted by atomic mass is 10.3. The van der Waals surface area contributed by atoms with Crippen molar-refractivity contribution in [2.24, 2.45) is 5.73 Å². The van der Waals surface area contributed by atoms with Crippen molar-refractivity contribution < 1.29 is 15.0 Å². The van der Waals surface area contributed by atoms with Crippen LogP contribution < -0.4 is 5.73 Å². The van der Waals surface area contributed by atoms with E-state index in [9.17, 15) is 15.0 Å². The highest BCUT2D eigenvalue weighted by atomic mass is 28.4. The minimum atomic E-state index is -2.33. The van der Waals surface area contributed by atoms with Crippen LogP contribution in [0.1, 0.15) is 0 Å². The SMILES string of the molecule is C[Si](C)(C)C(O)([C@](N)(C(=O)O)[Si](C)(C)C)[Si](C)(C)C. The van der Waals surface area contributed by atoms with Crippen molar-refractivity contribution in [2.45, 2.75) is 68.9 Å². The van der Waals surface area contributed by atoms with Crippen LogP contribution in [0.15, 0.2) is 0 Å². The Hall–Kier alpha value is 0.0406. The van der Waals surface area contributed by atoms with E-state index in [2.05, 4.69) is 0 Å². The second-order valence-corrected chi connectivity index (χ2v) is 24.8. The number of carboxylic acids is 1. The minimum Gasteiger partial charge on any atom is -0.480 e. The number of aliphatic hydroxyl groups is 1. The third kappa shape index (κ3) is 2.63. The third-order valence-electron chi connectivity index (χ3n) is 4.26. The Labute approximate surface area is 120 Å². The molecular formula is C12H31NO3Si3. The summed E-state index contributed by atoms with van der Waals surface area (Å²) in [7, 11) is -6.75.